The quantitative estimate of drug-likeness (QED) is 0.859. The van der Waals surface area contributed by atoms with E-state index in [1.165, 1.54) is 0 Å². The van der Waals surface area contributed by atoms with E-state index in [0.29, 0.717) is 12.0 Å². The number of rotatable bonds is 4. The van der Waals surface area contributed by atoms with Crippen molar-refractivity contribution in [2.24, 2.45) is 0 Å². The van der Waals surface area contributed by atoms with E-state index in [9.17, 15) is 13.2 Å². The summed E-state index contributed by atoms with van der Waals surface area (Å²) in [5.41, 5.74) is 0.617. The Morgan fingerprint density at radius 2 is 1.94 bits per heavy atom. The molecule has 0 spiro atoms. The van der Waals surface area contributed by atoms with Crippen LogP contribution in [0.25, 0.3) is 0 Å². The van der Waals surface area contributed by atoms with Crippen LogP contribution in [0.15, 0.2) is 29.2 Å². The lowest BCUT2D eigenvalue weighted by molar-refractivity contribution is -0.120. The van der Waals surface area contributed by atoms with Crippen molar-refractivity contribution in [2.45, 2.75) is 24.8 Å². The second-order valence-electron chi connectivity index (χ2n) is 3.51. The predicted molar refractivity (Wildman–Crippen MR) is 61.7 cm³/mol. The second kappa shape index (κ2) is 5.12. The summed E-state index contributed by atoms with van der Waals surface area (Å²) in [7, 11) is -3.24. The van der Waals surface area contributed by atoms with Crippen molar-refractivity contribution in [1.82, 2.24) is 5.32 Å². The van der Waals surface area contributed by atoms with Gasteiger partial charge in [-0.25, -0.2) is 8.42 Å². The molecule has 5 heteroatoms. The fourth-order valence-corrected chi connectivity index (χ4v) is 2.27. The van der Waals surface area contributed by atoms with Crippen molar-refractivity contribution >= 4 is 15.7 Å². The van der Waals surface area contributed by atoms with Crippen molar-refractivity contribution in [3.05, 3.63) is 29.8 Å². The SMILES string of the molecule is CCC(=O)NCc1ccccc1S(C)(=O)=O. The maximum Gasteiger partial charge on any atom is 0.219 e. The molecule has 0 aliphatic carbocycles. The fourth-order valence-electron chi connectivity index (χ4n) is 1.33. The number of hydrogen-bond donors (Lipinski definition) is 1. The third-order valence-electron chi connectivity index (χ3n) is 2.17. The Kier molecular flexibility index (Phi) is 4.06. The van der Waals surface area contributed by atoms with E-state index in [-0.39, 0.29) is 17.3 Å². The van der Waals surface area contributed by atoms with Gasteiger partial charge in [0, 0.05) is 19.2 Å². The van der Waals surface area contributed by atoms with Gasteiger partial charge in [0.15, 0.2) is 9.84 Å². The van der Waals surface area contributed by atoms with Crippen LogP contribution in [0.2, 0.25) is 0 Å². The van der Waals surface area contributed by atoms with Crippen LogP contribution < -0.4 is 5.32 Å². The van der Waals surface area contributed by atoms with E-state index >= 15 is 0 Å². The minimum Gasteiger partial charge on any atom is -0.352 e. The van der Waals surface area contributed by atoms with Gasteiger partial charge < -0.3 is 5.32 Å². The number of amides is 1. The minimum absolute atomic E-state index is 0.0942. The highest BCUT2D eigenvalue weighted by Gasteiger charge is 2.12. The standard InChI is InChI=1S/C11H15NO3S/c1-3-11(13)12-8-9-6-4-5-7-10(9)16(2,14)15/h4-7H,3,8H2,1-2H3,(H,12,13). The van der Waals surface area contributed by atoms with Gasteiger partial charge in [-0.2, -0.15) is 0 Å². The molecule has 1 N–H and O–H groups in total. The minimum atomic E-state index is -3.24. The lowest BCUT2D eigenvalue weighted by atomic mass is 10.2. The van der Waals surface area contributed by atoms with Crippen molar-refractivity contribution < 1.29 is 13.2 Å². The van der Waals surface area contributed by atoms with E-state index in [4.69, 9.17) is 0 Å². The molecule has 0 saturated heterocycles. The highest BCUT2D eigenvalue weighted by atomic mass is 32.2. The molecule has 0 aliphatic heterocycles. The molecule has 0 bridgehead atoms. The van der Waals surface area contributed by atoms with Crippen molar-refractivity contribution in [2.75, 3.05) is 6.26 Å². The normalized spacial score (nSPS) is 11.1. The molecule has 4 nitrogen and oxygen atoms in total. The maximum atomic E-state index is 11.5. The lowest BCUT2D eigenvalue weighted by Gasteiger charge is -2.08. The highest BCUT2D eigenvalue weighted by molar-refractivity contribution is 7.90. The van der Waals surface area contributed by atoms with E-state index in [1.54, 1.807) is 31.2 Å². The average molecular weight is 241 g/mol. The molecule has 0 fully saturated rings. The summed E-state index contributed by atoms with van der Waals surface area (Å²) in [6.45, 7) is 1.99. The summed E-state index contributed by atoms with van der Waals surface area (Å²) in [4.78, 5) is 11.4. The molecule has 1 rings (SSSR count). The average Bonchev–Trinajstić information content (AvgIpc) is 2.25. The van der Waals surface area contributed by atoms with E-state index in [0.717, 1.165) is 6.26 Å². The fraction of sp³-hybridized carbons (Fsp3) is 0.364. The summed E-state index contributed by atoms with van der Waals surface area (Å²) < 4.78 is 22.9. The van der Waals surface area contributed by atoms with E-state index in [1.807, 2.05) is 0 Å². The van der Waals surface area contributed by atoms with Gasteiger partial charge in [-0.05, 0) is 11.6 Å². The number of hydrogen-bond acceptors (Lipinski definition) is 3. The summed E-state index contributed by atoms with van der Waals surface area (Å²) in [5.74, 6) is -0.0942. The summed E-state index contributed by atoms with van der Waals surface area (Å²) in [6.07, 6.45) is 1.55. The number of nitrogens with one attached hydrogen (secondary N) is 1. The Morgan fingerprint density at radius 1 is 1.31 bits per heavy atom. The van der Waals surface area contributed by atoms with Crippen LogP contribution in [0.5, 0.6) is 0 Å². The molecule has 88 valence electrons. The van der Waals surface area contributed by atoms with Crippen LogP contribution in [0.4, 0.5) is 0 Å². The van der Waals surface area contributed by atoms with Crippen LogP contribution in [-0.4, -0.2) is 20.6 Å². The molecule has 0 radical (unpaired) electrons. The first kappa shape index (κ1) is 12.7. The van der Waals surface area contributed by atoms with Gasteiger partial charge in [-0.1, -0.05) is 25.1 Å². The molecule has 1 amide bonds. The molecule has 16 heavy (non-hydrogen) atoms. The first-order valence-electron chi connectivity index (χ1n) is 4.99. The van der Waals surface area contributed by atoms with Crippen LogP contribution in [0.1, 0.15) is 18.9 Å². The van der Waals surface area contributed by atoms with Gasteiger partial charge in [0.2, 0.25) is 5.91 Å². The number of carbonyl (C=O) groups excluding carboxylic acids is 1. The Morgan fingerprint density at radius 3 is 2.50 bits per heavy atom. The molecule has 1 aromatic rings. The lowest BCUT2D eigenvalue weighted by Crippen LogP contribution is -2.22. The zero-order chi connectivity index (χ0) is 12.2. The molecular weight excluding hydrogens is 226 g/mol. The van der Waals surface area contributed by atoms with Gasteiger partial charge in [-0.3, -0.25) is 4.79 Å². The van der Waals surface area contributed by atoms with Gasteiger partial charge in [0.05, 0.1) is 4.90 Å². The zero-order valence-electron chi connectivity index (χ0n) is 9.36. The van der Waals surface area contributed by atoms with Crippen LogP contribution in [0, 0.1) is 0 Å². The van der Waals surface area contributed by atoms with Crippen LogP contribution in [-0.2, 0) is 21.2 Å². The molecule has 0 saturated carbocycles. The molecule has 0 atom stereocenters. The Balaban J connectivity index is 2.93. The zero-order valence-corrected chi connectivity index (χ0v) is 10.2. The smallest absolute Gasteiger partial charge is 0.219 e. The van der Waals surface area contributed by atoms with Gasteiger partial charge in [-0.15, -0.1) is 0 Å². The maximum absolute atomic E-state index is 11.5. The van der Waals surface area contributed by atoms with Crippen LogP contribution in [0.3, 0.4) is 0 Å². The number of carbonyl (C=O) groups is 1. The van der Waals surface area contributed by atoms with E-state index in [2.05, 4.69) is 5.32 Å². The van der Waals surface area contributed by atoms with Crippen molar-refractivity contribution in [1.29, 1.82) is 0 Å². The summed E-state index contributed by atoms with van der Waals surface area (Å²) in [6, 6.07) is 6.67. The summed E-state index contributed by atoms with van der Waals surface area (Å²) in [5, 5.41) is 2.66. The number of benzene rings is 1. The Labute approximate surface area is 95.6 Å². The molecule has 0 heterocycles. The first-order valence-corrected chi connectivity index (χ1v) is 6.89. The van der Waals surface area contributed by atoms with Gasteiger partial charge in [0.25, 0.3) is 0 Å². The van der Waals surface area contributed by atoms with Crippen molar-refractivity contribution in [3.63, 3.8) is 0 Å². The predicted octanol–water partition coefficient (Wildman–Crippen LogP) is 1.12. The monoisotopic (exact) mass is 241 g/mol. The Hall–Kier alpha value is -1.36. The van der Waals surface area contributed by atoms with Crippen LogP contribution >= 0.6 is 0 Å². The summed E-state index contributed by atoms with van der Waals surface area (Å²) >= 11 is 0. The first-order chi connectivity index (χ1) is 7.45. The van der Waals surface area contributed by atoms with Gasteiger partial charge >= 0.3 is 0 Å². The van der Waals surface area contributed by atoms with Crippen molar-refractivity contribution in [3.8, 4) is 0 Å². The second-order valence-corrected chi connectivity index (χ2v) is 5.49. The highest BCUT2D eigenvalue weighted by Crippen LogP contribution is 2.14. The molecule has 1 aromatic carbocycles. The number of sulfone groups is 1. The molecule has 0 aliphatic rings. The largest absolute Gasteiger partial charge is 0.352 e. The topological polar surface area (TPSA) is 63.2 Å². The molecular formula is C11H15NO3S. The van der Waals surface area contributed by atoms with E-state index < -0.39 is 9.84 Å². The van der Waals surface area contributed by atoms with Gasteiger partial charge in [0.1, 0.15) is 0 Å². The third kappa shape index (κ3) is 3.34. The third-order valence-corrected chi connectivity index (χ3v) is 3.37. The molecule has 0 unspecified atom stereocenters. The Bertz CT molecular complexity index is 480. The molecule has 0 aromatic heterocycles.